The molecule has 34 heavy (non-hydrogen) atoms. The number of hydrogen-bond acceptors (Lipinski definition) is 4. The van der Waals surface area contributed by atoms with Gasteiger partial charge in [0.25, 0.3) is 11.8 Å². The molecule has 8 heteroatoms. The van der Waals surface area contributed by atoms with Crippen molar-refractivity contribution in [2.24, 2.45) is 0 Å². The number of halogens is 2. The van der Waals surface area contributed by atoms with Gasteiger partial charge in [-0.15, -0.1) is 0 Å². The summed E-state index contributed by atoms with van der Waals surface area (Å²) >= 11 is 4.35. The van der Waals surface area contributed by atoms with E-state index in [0.29, 0.717) is 17.9 Å². The molecule has 0 bridgehead atoms. The van der Waals surface area contributed by atoms with Gasteiger partial charge in [-0.3, -0.25) is 14.9 Å². The molecule has 0 spiro atoms. The second-order valence-corrected chi connectivity index (χ2v) is 10.2. The third kappa shape index (κ3) is 5.33. The van der Waals surface area contributed by atoms with E-state index in [9.17, 15) is 14.4 Å². The van der Waals surface area contributed by atoms with E-state index in [4.69, 9.17) is 4.74 Å². The lowest BCUT2D eigenvalue weighted by Crippen LogP contribution is -2.54. The molecule has 4 rings (SSSR count). The van der Waals surface area contributed by atoms with Crippen LogP contribution in [0.5, 0.6) is 5.75 Å². The minimum atomic E-state index is -0.764. The summed E-state index contributed by atoms with van der Waals surface area (Å²) in [5.41, 5.74) is 4.18. The number of benzene rings is 3. The van der Waals surface area contributed by atoms with Crippen LogP contribution in [0.15, 0.2) is 66.2 Å². The Morgan fingerprint density at radius 1 is 0.912 bits per heavy atom. The lowest BCUT2D eigenvalue weighted by Gasteiger charge is -2.26. The number of urea groups is 1. The minimum Gasteiger partial charge on any atom is -0.487 e. The maximum absolute atomic E-state index is 13.1. The standard InChI is InChI=1S/C26H20I2N2O4/c1-15-6-8-19(9-7-15)30-25(32)20(24(31)29-26(30)33)11-18-12-21(27)23(22(28)13-18)34-14-17-5-3-4-16(2)10-17/h3-13H,14H2,1-2H3,(H,29,31,33)/b20-11+. The Morgan fingerprint density at radius 3 is 2.24 bits per heavy atom. The van der Waals surface area contributed by atoms with Crippen LogP contribution in [0.4, 0.5) is 10.5 Å². The van der Waals surface area contributed by atoms with Gasteiger partial charge >= 0.3 is 6.03 Å². The van der Waals surface area contributed by atoms with Crippen LogP contribution >= 0.6 is 45.2 Å². The first-order valence-corrected chi connectivity index (χ1v) is 12.5. The Hall–Kier alpha value is -2.73. The van der Waals surface area contributed by atoms with E-state index < -0.39 is 17.8 Å². The van der Waals surface area contributed by atoms with Crippen molar-refractivity contribution < 1.29 is 19.1 Å². The minimum absolute atomic E-state index is 0.111. The lowest BCUT2D eigenvalue weighted by atomic mass is 10.1. The predicted molar refractivity (Wildman–Crippen MR) is 148 cm³/mol. The Bertz CT molecular complexity index is 1310. The maximum Gasteiger partial charge on any atom is 0.335 e. The highest BCUT2D eigenvalue weighted by Gasteiger charge is 2.36. The monoisotopic (exact) mass is 678 g/mol. The van der Waals surface area contributed by atoms with E-state index in [-0.39, 0.29) is 5.57 Å². The number of nitrogens with one attached hydrogen (secondary N) is 1. The molecule has 1 heterocycles. The summed E-state index contributed by atoms with van der Waals surface area (Å²) in [6, 6.07) is 18.0. The van der Waals surface area contributed by atoms with E-state index in [1.807, 2.05) is 44.2 Å². The van der Waals surface area contributed by atoms with Crippen LogP contribution in [0.1, 0.15) is 22.3 Å². The molecule has 1 aliphatic rings. The van der Waals surface area contributed by atoms with Gasteiger partial charge in [0.1, 0.15) is 17.9 Å². The van der Waals surface area contributed by atoms with Gasteiger partial charge in [-0.1, -0.05) is 47.5 Å². The zero-order chi connectivity index (χ0) is 24.4. The lowest BCUT2D eigenvalue weighted by molar-refractivity contribution is -0.122. The van der Waals surface area contributed by atoms with E-state index in [2.05, 4.69) is 56.6 Å². The molecule has 3 aromatic rings. The molecule has 1 saturated heterocycles. The fourth-order valence-corrected chi connectivity index (χ4v) is 5.64. The van der Waals surface area contributed by atoms with E-state index in [0.717, 1.165) is 28.9 Å². The topological polar surface area (TPSA) is 75.7 Å². The fraction of sp³-hybridized carbons (Fsp3) is 0.115. The maximum atomic E-state index is 13.1. The fourth-order valence-electron chi connectivity index (χ4n) is 3.51. The second kappa shape index (κ2) is 10.3. The molecular weight excluding hydrogens is 658 g/mol. The summed E-state index contributed by atoms with van der Waals surface area (Å²) in [5, 5.41) is 2.26. The van der Waals surface area contributed by atoms with E-state index in [1.165, 1.54) is 11.6 Å². The van der Waals surface area contributed by atoms with Gasteiger partial charge in [0.05, 0.1) is 12.8 Å². The highest BCUT2D eigenvalue weighted by molar-refractivity contribution is 14.1. The van der Waals surface area contributed by atoms with Crippen molar-refractivity contribution in [3.63, 3.8) is 0 Å². The van der Waals surface area contributed by atoms with Crippen molar-refractivity contribution in [3.8, 4) is 5.75 Å². The number of anilines is 1. The summed E-state index contributed by atoms with van der Waals surface area (Å²) in [4.78, 5) is 39.0. The van der Waals surface area contributed by atoms with Crippen LogP contribution in [0, 0.1) is 21.0 Å². The molecule has 0 atom stereocenters. The zero-order valence-electron chi connectivity index (χ0n) is 18.4. The summed E-state index contributed by atoms with van der Waals surface area (Å²) in [6.07, 6.45) is 1.50. The highest BCUT2D eigenvalue weighted by atomic mass is 127. The number of hydrogen-bond donors (Lipinski definition) is 1. The third-order valence-electron chi connectivity index (χ3n) is 5.19. The van der Waals surface area contributed by atoms with Gasteiger partial charge in [-0.25, -0.2) is 9.69 Å². The first kappa shape index (κ1) is 24.4. The Kier molecular flexibility index (Phi) is 7.36. The summed E-state index contributed by atoms with van der Waals surface area (Å²) < 4.78 is 7.75. The molecule has 172 valence electrons. The molecule has 0 aliphatic carbocycles. The Balaban J connectivity index is 1.60. The van der Waals surface area contributed by atoms with Gasteiger partial charge < -0.3 is 4.74 Å². The predicted octanol–water partition coefficient (Wildman–Crippen LogP) is 5.76. The molecule has 1 fully saturated rings. The summed E-state index contributed by atoms with van der Waals surface area (Å²) in [6.45, 7) is 4.38. The molecule has 4 amide bonds. The van der Waals surface area contributed by atoms with Crippen molar-refractivity contribution in [1.29, 1.82) is 0 Å². The highest BCUT2D eigenvalue weighted by Crippen LogP contribution is 2.31. The average Bonchev–Trinajstić information content (AvgIpc) is 2.77. The molecule has 1 aliphatic heterocycles. The SMILES string of the molecule is Cc1ccc(N2C(=O)NC(=O)/C(=C\c3cc(I)c(OCc4cccc(C)c4)c(I)c3)C2=O)cc1. The molecule has 0 radical (unpaired) electrons. The van der Waals surface area contributed by atoms with Gasteiger partial charge in [0.15, 0.2) is 0 Å². The van der Waals surface area contributed by atoms with E-state index >= 15 is 0 Å². The number of carbonyl (C=O) groups is 3. The van der Waals surface area contributed by atoms with Crippen molar-refractivity contribution in [2.75, 3.05) is 4.90 Å². The second-order valence-electron chi connectivity index (χ2n) is 7.88. The van der Waals surface area contributed by atoms with Gasteiger partial charge in [-0.05, 0) is 100 Å². The number of nitrogens with zero attached hydrogens (tertiary/aromatic N) is 1. The van der Waals surface area contributed by atoms with Crippen molar-refractivity contribution in [3.05, 3.63) is 95.6 Å². The number of aryl methyl sites for hydroxylation is 2. The number of imide groups is 2. The van der Waals surface area contributed by atoms with Gasteiger partial charge in [0.2, 0.25) is 0 Å². The van der Waals surface area contributed by atoms with Crippen LogP contribution in [0.2, 0.25) is 0 Å². The normalized spacial score (nSPS) is 15.0. The first-order valence-electron chi connectivity index (χ1n) is 10.4. The quantitative estimate of drug-likeness (QED) is 0.212. The number of carbonyl (C=O) groups excluding carboxylic acids is 3. The molecule has 6 nitrogen and oxygen atoms in total. The molecule has 0 aromatic heterocycles. The number of ether oxygens (including phenoxy) is 1. The number of rotatable bonds is 5. The van der Waals surface area contributed by atoms with Crippen LogP contribution in [0.3, 0.4) is 0 Å². The number of barbiturate groups is 1. The molecule has 3 aromatic carbocycles. The zero-order valence-corrected chi connectivity index (χ0v) is 22.7. The molecule has 1 N–H and O–H groups in total. The average molecular weight is 678 g/mol. The summed E-state index contributed by atoms with van der Waals surface area (Å²) in [7, 11) is 0. The van der Waals surface area contributed by atoms with Crippen LogP contribution in [-0.4, -0.2) is 17.8 Å². The van der Waals surface area contributed by atoms with Crippen LogP contribution in [-0.2, 0) is 16.2 Å². The summed E-state index contributed by atoms with van der Waals surface area (Å²) in [5.74, 6) is -0.647. The van der Waals surface area contributed by atoms with Gasteiger partial charge in [0, 0.05) is 0 Å². The Morgan fingerprint density at radius 2 is 1.59 bits per heavy atom. The van der Waals surface area contributed by atoms with Crippen molar-refractivity contribution >= 4 is 74.8 Å². The molecule has 0 unspecified atom stereocenters. The largest absolute Gasteiger partial charge is 0.487 e. The van der Waals surface area contributed by atoms with Gasteiger partial charge in [-0.2, -0.15) is 0 Å². The smallest absolute Gasteiger partial charge is 0.335 e. The molecule has 0 saturated carbocycles. The Labute approximate surface area is 224 Å². The van der Waals surface area contributed by atoms with E-state index in [1.54, 1.807) is 24.3 Å². The number of amides is 4. The third-order valence-corrected chi connectivity index (χ3v) is 6.79. The molecular formula is C26H20I2N2O4. The first-order chi connectivity index (χ1) is 16.2. The van der Waals surface area contributed by atoms with Crippen molar-refractivity contribution in [2.45, 2.75) is 20.5 Å². The van der Waals surface area contributed by atoms with Crippen LogP contribution in [0.25, 0.3) is 6.08 Å². The van der Waals surface area contributed by atoms with Crippen LogP contribution < -0.4 is 15.0 Å². The van der Waals surface area contributed by atoms with Crippen molar-refractivity contribution in [1.82, 2.24) is 5.32 Å².